The molecule has 0 aliphatic rings. The van der Waals surface area contributed by atoms with Crippen molar-refractivity contribution >= 4 is 69.1 Å². The zero-order chi connectivity index (χ0) is 29.4. The number of hydrogen-bond acceptors (Lipinski definition) is 9. The number of carbonyl (C=O) groups excluding carboxylic acids is 3. The standard InChI is InChI=1S/C26H29Cl2N5O5S2/c1-5-10-33-19(7-6-11-37-18-9-8-16(27)12-17(18)28)31-32-26(33)39-13-20(34)30-24-21(25(36)38-14(2)3)15(4)22(40-24)23(29)35/h5,8-9,12,14H,1,6-7,10-11,13H2,2-4H3,(H2,29,35)(H,30,34). The van der Waals surface area contributed by atoms with Gasteiger partial charge in [0.15, 0.2) is 5.16 Å². The van der Waals surface area contributed by atoms with Crippen LogP contribution >= 0.6 is 46.3 Å². The SMILES string of the molecule is C=CCn1c(CCCOc2ccc(Cl)cc2Cl)nnc1SCC(=O)Nc1sc(C(N)=O)c(C)c1C(=O)OC(C)C. The smallest absolute Gasteiger partial charge is 0.341 e. The van der Waals surface area contributed by atoms with Gasteiger partial charge in [-0.3, -0.25) is 9.59 Å². The molecular weight excluding hydrogens is 597 g/mol. The largest absolute Gasteiger partial charge is 0.492 e. The Hall–Kier alpha value is -3.06. The summed E-state index contributed by atoms with van der Waals surface area (Å²) in [5.74, 6) is -0.490. The average Bonchev–Trinajstić information content (AvgIpc) is 3.41. The number of hydrogen-bond donors (Lipinski definition) is 2. The number of nitrogens with two attached hydrogens (primary N) is 1. The second-order valence-corrected chi connectivity index (χ2v) is 11.5. The molecule has 1 aromatic carbocycles. The first kappa shape index (κ1) is 31.5. The van der Waals surface area contributed by atoms with Gasteiger partial charge in [0, 0.05) is 18.0 Å². The summed E-state index contributed by atoms with van der Waals surface area (Å²) in [4.78, 5) is 37.5. The number of aryl methyl sites for hydroxylation is 1. The van der Waals surface area contributed by atoms with Gasteiger partial charge in [0.05, 0.1) is 33.9 Å². The number of nitrogens with zero attached hydrogens (tertiary/aromatic N) is 3. The van der Waals surface area contributed by atoms with Crippen molar-refractivity contribution in [2.45, 2.75) is 51.4 Å². The van der Waals surface area contributed by atoms with Crippen molar-refractivity contribution in [2.24, 2.45) is 5.73 Å². The molecule has 0 aliphatic carbocycles. The predicted octanol–water partition coefficient (Wildman–Crippen LogP) is 5.55. The van der Waals surface area contributed by atoms with Crippen molar-refractivity contribution < 1.29 is 23.9 Å². The summed E-state index contributed by atoms with van der Waals surface area (Å²) in [6.07, 6.45) is 2.56. The van der Waals surface area contributed by atoms with Crippen molar-refractivity contribution in [3.05, 3.63) is 62.7 Å². The van der Waals surface area contributed by atoms with E-state index in [1.165, 1.54) is 11.8 Å². The minimum atomic E-state index is -0.692. The summed E-state index contributed by atoms with van der Waals surface area (Å²) in [6.45, 7) is 9.66. The number of aromatic nitrogens is 3. The molecule has 0 aliphatic heterocycles. The van der Waals surface area contributed by atoms with Crippen LogP contribution in [0.4, 0.5) is 5.00 Å². The normalized spacial score (nSPS) is 10.9. The number of thioether (sulfide) groups is 1. The molecule has 3 rings (SSSR count). The fourth-order valence-corrected chi connectivity index (χ4v) is 5.87. The minimum absolute atomic E-state index is 0.0189. The first-order valence-electron chi connectivity index (χ1n) is 12.2. The first-order valence-corrected chi connectivity index (χ1v) is 14.7. The zero-order valence-electron chi connectivity index (χ0n) is 22.2. The summed E-state index contributed by atoms with van der Waals surface area (Å²) in [5.41, 5.74) is 5.93. The molecule has 2 amide bonds. The number of esters is 1. The third kappa shape index (κ3) is 8.23. The Morgan fingerprint density at radius 2 is 2.02 bits per heavy atom. The highest BCUT2D eigenvalue weighted by atomic mass is 35.5. The molecule has 0 bridgehead atoms. The second kappa shape index (κ2) is 14.5. The molecule has 40 heavy (non-hydrogen) atoms. The average molecular weight is 627 g/mol. The van der Waals surface area contributed by atoms with Crippen LogP contribution in [0.1, 0.15) is 51.7 Å². The van der Waals surface area contributed by atoms with Crippen LogP contribution in [0.15, 0.2) is 36.0 Å². The Morgan fingerprint density at radius 3 is 2.67 bits per heavy atom. The monoisotopic (exact) mass is 625 g/mol. The van der Waals surface area contributed by atoms with Crippen LogP contribution in [0.25, 0.3) is 0 Å². The number of carbonyl (C=O) groups is 3. The van der Waals surface area contributed by atoms with Gasteiger partial charge in [0.2, 0.25) is 5.91 Å². The number of thiophene rings is 1. The van der Waals surface area contributed by atoms with Crippen LogP contribution in [-0.2, 0) is 22.5 Å². The Kier molecular flexibility index (Phi) is 11.4. The van der Waals surface area contributed by atoms with Crippen LogP contribution in [0.2, 0.25) is 10.0 Å². The zero-order valence-corrected chi connectivity index (χ0v) is 25.3. The third-order valence-electron chi connectivity index (χ3n) is 5.30. The van der Waals surface area contributed by atoms with E-state index in [4.69, 9.17) is 38.4 Å². The van der Waals surface area contributed by atoms with Gasteiger partial charge in [-0.25, -0.2) is 4.79 Å². The summed E-state index contributed by atoms with van der Waals surface area (Å²) in [7, 11) is 0. The minimum Gasteiger partial charge on any atom is -0.492 e. The number of primary amides is 1. The van der Waals surface area contributed by atoms with Crippen molar-refractivity contribution in [2.75, 3.05) is 17.7 Å². The van der Waals surface area contributed by atoms with Gasteiger partial charge in [-0.05, 0) is 51.0 Å². The van der Waals surface area contributed by atoms with E-state index in [0.29, 0.717) is 58.3 Å². The van der Waals surface area contributed by atoms with Crippen molar-refractivity contribution in [1.29, 1.82) is 0 Å². The Balaban J connectivity index is 1.63. The number of rotatable bonds is 14. The number of allylic oxidation sites excluding steroid dienone is 1. The second-order valence-electron chi connectivity index (χ2n) is 8.74. The molecule has 0 unspecified atom stereocenters. The van der Waals surface area contributed by atoms with Gasteiger partial charge in [-0.1, -0.05) is 41.0 Å². The fraction of sp³-hybridized carbons (Fsp3) is 0.346. The highest BCUT2D eigenvalue weighted by Gasteiger charge is 2.26. The highest BCUT2D eigenvalue weighted by Crippen LogP contribution is 2.34. The molecular formula is C26H29Cl2N5O5S2. The van der Waals surface area contributed by atoms with Crippen LogP contribution in [0, 0.1) is 6.92 Å². The summed E-state index contributed by atoms with van der Waals surface area (Å²) >= 11 is 14.2. The number of halogens is 2. The molecule has 10 nitrogen and oxygen atoms in total. The first-order chi connectivity index (χ1) is 19.0. The fourth-order valence-electron chi connectivity index (χ4n) is 3.58. The molecule has 0 saturated heterocycles. The van der Waals surface area contributed by atoms with Gasteiger partial charge in [0.1, 0.15) is 16.6 Å². The molecule has 3 N–H and O–H groups in total. The quantitative estimate of drug-likeness (QED) is 0.103. The lowest BCUT2D eigenvalue weighted by molar-refractivity contribution is -0.113. The maximum atomic E-state index is 12.8. The predicted molar refractivity (Wildman–Crippen MR) is 158 cm³/mol. The lowest BCUT2D eigenvalue weighted by Gasteiger charge is -2.11. The Bertz CT molecular complexity index is 1410. The summed E-state index contributed by atoms with van der Waals surface area (Å²) < 4.78 is 12.9. The van der Waals surface area contributed by atoms with Gasteiger partial charge >= 0.3 is 5.97 Å². The topological polar surface area (TPSA) is 138 Å². The van der Waals surface area contributed by atoms with E-state index in [-0.39, 0.29) is 27.3 Å². The van der Waals surface area contributed by atoms with E-state index >= 15 is 0 Å². The number of anilines is 1. The number of amides is 2. The molecule has 214 valence electrons. The molecule has 0 spiro atoms. The molecule has 2 aromatic heterocycles. The van der Waals surface area contributed by atoms with Crippen molar-refractivity contribution in [3.63, 3.8) is 0 Å². The van der Waals surface area contributed by atoms with Crippen LogP contribution in [-0.4, -0.2) is 51.0 Å². The maximum absolute atomic E-state index is 12.8. The summed E-state index contributed by atoms with van der Waals surface area (Å²) in [6, 6.07) is 5.04. The molecule has 0 fully saturated rings. The van der Waals surface area contributed by atoms with Crippen LogP contribution in [0.5, 0.6) is 5.75 Å². The highest BCUT2D eigenvalue weighted by molar-refractivity contribution is 7.99. The van der Waals surface area contributed by atoms with Crippen LogP contribution in [0.3, 0.4) is 0 Å². The van der Waals surface area contributed by atoms with Gasteiger partial charge in [0.25, 0.3) is 5.91 Å². The lowest BCUT2D eigenvalue weighted by atomic mass is 10.1. The van der Waals surface area contributed by atoms with E-state index in [2.05, 4.69) is 22.1 Å². The molecule has 0 saturated carbocycles. The number of benzene rings is 1. The van der Waals surface area contributed by atoms with Gasteiger partial charge < -0.3 is 25.1 Å². The van der Waals surface area contributed by atoms with E-state index in [1.54, 1.807) is 45.0 Å². The summed E-state index contributed by atoms with van der Waals surface area (Å²) in [5, 5.41) is 12.9. The molecule has 0 radical (unpaired) electrons. The maximum Gasteiger partial charge on any atom is 0.341 e. The molecule has 2 heterocycles. The number of nitrogens with one attached hydrogen (secondary N) is 1. The van der Waals surface area contributed by atoms with E-state index in [1.807, 2.05) is 4.57 Å². The van der Waals surface area contributed by atoms with Crippen molar-refractivity contribution in [1.82, 2.24) is 14.8 Å². The van der Waals surface area contributed by atoms with E-state index < -0.39 is 17.8 Å². The third-order valence-corrected chi connectivity index (χ3v) is 8.02. The number of ether oxygens (including phenoxy) is 2. The molecule has 3 aromatic rings. The lowest BCUT2D eigenvalue weighted by Crippen LogP contribution is -2.18. The molecule has 0 atom stereocenters. The van der Waals surface area contributed by atoms with Crippen LogP contribution < -0.4 is 15.8 Å². The van der Waals surface area contributed by atoms with E-state index in [0.717, 1.165) is 11.3 Å². The Morgan fingerprint density at radius 1 is 1.27 bits per heavy atom. The van der Waals surface area contributed by atoms with Gasteiger partial charge in [-0.2, -0.15) is 0 Å². The van der Waals surface area contributed by atoms with Gasteiger partial charge in [-0.15, -0.1) is 28.1 Å². The Labute approximate surface area is 250 Å². The van der Waals surface area contributed by atoms with Crippen molar-refractivity contribution in [3.8, 4) is 5.75 Å². The molecule has 14 heteroatoms. The van der Waals surface area contributed by atoms with E-state index in [9.17, 15) is 14.4 Å².